The van der Waals surface area contributed by atoms with Crippen LogP contribution in [0.15, 0.2) is 0 Å². The Morgan fingerprint density at radius 1 is 1.33 bits per heavy atom. The lowest BCUT2D eigenvalue weighted by molar-refractivity contribution is -0.143. The Morgan fingerprint density at radius 2 is 2.11 bits per heavy atom. The van der Waals surface area contributed by atoms with Crippen molar-refractivity contribution >= 4 is 12.0 Å². The van der Waals surface area contributed by atoms with Gasteiger partial charge in [0.2, 0.25) is 0 Å². The first kappa shape index (κ1) is 13.1. The molecule has 0 spiro atoms. The highest BCUT2D eigenvalue weighted by molar-refractivity contribution is 5.80. The van der Waals surface area contributed by atoms with E-state index in [1.165, 1.54) is 0 Å². The number of carbonyl (C=O) groups is 2. The van der Waals surface area contributed by atoms with Crippen molar-refractivity contribution in [3.05, 3.63) is 0 Å². The van der Waals surface area contributed by atoms with Gasteiger partial charge < -0.3 is 20.5 Å². The highest BCUT2D eigenvalue weighted by Gasteiger charge is 2.50. The second-order valence-corrected chi connectivity index (χ2v) is 5.23. The lowest BCUT2D eigenvalue weighted by atomic mass is 10.0. The number of carbonyl (C=O) groups excluding carboxylic acids is 1. The van der Waals surface area contributed by atoms with Crippen LogP contribution in [0.4, 0.5) is 4.79 Å². The standard InChI is InChI=1S/C12H20N2O4/c15-10(16)12(3-4-12)8-14-11(17)13-6-9-2-1-5-18-7-9/h9H,1-8H2,(H,15,16)(H2,13,14,17). The van der Waals surface area contributed by atoms with Crippen LogP contribution in [-0.2, 0) is 9.53 Å². The van der Waals surface area contributed by atoms with E-state index in [4.69, 9.17) is 9.84 Å². The number of urea groups is 1. The molecule has 2 fully saturated rings. The molecular weight excluding hydrogens is 236 g/mol. The zero-order valence-corrected chi connectivity index (χ0v) is 10.4. The lowest BCUT2D eigenvalue weighted by Crippen LogP contribution is -2.43. The fourth-order valence-electron chi connectivity index (χ4n) is 2.13. The molecule has 2 aliphatic rings. The summed E-state index contributed by atoms with van der Waals surface area (Å²) in [4.78, 5) is 22.4. The summed E-state index contributed by atoms with van der Waals surface area (Å²) in [7, 11) is 0. The van der Waals surface area contributed by atoms with Gasteiger partial charge in [0.25, 0.3) is 0 Å². The first-order chi connectivity index (χ1) is 8.62. The van der Waals surface area contributed by atoms with E-state index in [-0.39, 0.29) is 12.6 Å². The molecule has 2 amide bonds. The number of nitrogens with one attached hydrogen (secondary N) is 2. The largest absolute Gasteiger partial charge is 0.481 e. The third-order valence-corrected chi connectivity index (χ3v) is 3.70. The summed E-state index contributed by atoms with van der Waals surface area (Å²) >= 11 is 0. The fourth-order valence-corrected chi connectivity index (χ4v) is 2.13. The van der Waals surface area contributed by atoms with Crippen molar-refractivity contribution < 1.29 is 19.4 Å². The number of carboxylic acid groups (broad SMARTS) is 1. The fraction of sp³-hybridized carbons (Fsp3) is 0.833. The highest BCUT2D eigenvalue weighted by Crippen LogP contribution is 2.45. The predicted molar refractivity (Wildman–Crippen MR) is 64.2 cm³/mol. The van der Waals surface area contributed by atoms with Crippen LogP contribution in [0.2, 0.25) is 0 Å². The molecule has 1 aliphatic heterocycles. The number of amides is 2. The van der Waals surface area contributed by atoms with Crippen molar-refractivity contribution in [1.82, 2.24) is 10.6 Å². The normalized spacial score (nSPS) is 25.2. The predicted octanol–water partition coefficient (Wildman–Crippen LogP) is 0.577. The van der Waals surface area contributed by atoms with E-state index in [1.807, 2.05) is 0 Å². The quantitative estimate of drug-likeness (QED) is 0.671. The molecule has 18 heavy (non-hydrogen) atoms. The summed E-state index contributed by atoms with van der Waals surface area (Å²) in [5, 5.41) is 14.4. The summed E-state index contributed by atoms with van der Waals surface area (Å²) in [6.45, 7) is 2.31. The maximum absolute atomic E-state index is 11.5. The molecule has 1 aliphatic carbocycles. The van der Waals surface area contributed by atoms with Gasteiger partial charge >= 0.3 is 12.0 Å². The number of aliphatic carboxylic acids is 1. The topological polar surface area (TPSA) is 87.7 Å². The van der Waals surface area contributed by atoms with Gasteiger partial charge in [-0.1, -0.05) is 0 Å². The van der Waals surface area contributed by atoms with E-state index in [2.05, 4.69) is 10.6 Å². The number of carboxylic acids is 1. The maximum Gasteiger partial charge on any atom is 0.314 e. The van der Waals surface area contributed by atoms with Gasteiger partial charge in [0, 0.05) is 19.7 Å². The molecule has 2 rings (SSSR count). The lowest BCUT2D eigenvalue weighted by Gasteiger charge is -2.22. The van der Waals surface area contributed by atoms with E-state index >= 15 is 0 Å². The molecule has 1 heterocycles. The SMILES string of the molecule is O=C(NCC1CCCOC1)NCC1(C(=O)O)CC1. The van der Waals surface area contributed by atoms with E-state index in [9.17, 15) is 9.59 Å². The van der Waals surface area contributed by atoms with E-state index < -0.39 is 11.4 Å². The Hall–Kier alpha value is -1.30. The molecule has 6 nitrogen and oxygen atoms in total. The van der Waals surface area contributed by atoms with Gasteiger partial charge in [-0.25, -0.2) is 4.79 Å². The van der Waals surface area contributed by atoms with Crippen LogP contribution in [0.1, 0.15) is 25.7 Å². The molecule has 0 aromatic heterocycles. The zero-order chi connectivity index (χ0) is 13.0. The van der Waals surface area contributed by atoms with Gasteiger partial charge in [-0.05, 0) is 31.6 Å². The van der Waals surface area contributed by atoms with Crippen LogP contribution in [0.5, 0.6) is 0 Å². The van der Waals surface area contributed by atoms with Crippen molar-refractivity contribution in [2.45, 2.75) is 25.7 Å². The van der Waals surface area contributed by atoms with Crippen molar-refractivity contribution in [3.8, 4) is 0 Å². The van der Waals surface area contributed by atoms with Crippen LogP contribution < -0.4 is 10.6 Å². The first-order valence-electron chi connectivity index (χ1n) is 6.45. The molecule has 0 bridgehead atoms. The van der Waals surface area contributed by atoms with Crippen LogP contribution in [0.25, 0.3) is 0 Å². The maximum atomic E-state index is 11.5. The van der Waals surface area contributed by atoms with Gasteiger partial charge in [-0.15, -0.1) is 0 Å². The molecule has 0 aromatic rings. The number of ether oxygens (including phenoxy) is 1. The molecule has 1 saturated carbocycles. The average molecular weight is 256 g/mol. The first-order valence-corrected chi connectivity index (χ1v) is 6.45. The smallest absolute Gasteiger partial charge is 0.314 e. The monoisotopic (exact) mass is 256 g/mol. The third kappa shape index (κ3) is 3.35. The average Bonchev–Trinajstić information content (AvgIpc) is 3.16. The molecule has 102 valence electrons. The summed E-state index contributed by atoms with van der Waals surface area (Å²) in [6.07, 6.45) is 3.41. The van der Waals surface area contributed by atoms with Crippen molar-refractivity contribution in [1.29, 1.82) is 0 Å². The van der Waals surface area contributed by atoms with Gasteiger partial charge in [0.1, 0.15) is 0 Å². The minimum absolute atomic E-state index is 0.218. The van der Waals surface area contributed by atoms with E-state index in [0.29, 0.717) is 31.9 Å². The molecule has 0 aromatic carbocycles. The molecule has 0 radical (unpaired) electrons. The zero-order valence-electron chi connectivity index (χ0n) is 10.4. The van der Waals surface area contributed by atoms with Crippen LogP contribution in [0, 0.1) is 11.3 Å². The Morgan fingerprint density at radius 3 is 2.67 bits per heavy atom. The minimum Gasteiger partial charge on any atom is -0.481 e. The molecule has 6 heteroatoms. The molecular formula is C12H20N2O4. The van der Waals surface area contributed by atoms with Crippen molar-refractivity contribution in [2.75, 3.05) is 26.3 Å². The second-order valence-electron chi connectivity index (χ2n) is 5.23. The molecule has 1 unspecified atom stereocenters. The summed E-state index contributed by atoms with van der Waals surface area (Å²) in [5.74, 6) is -0.442. The Bertz CT molecular complexity index is 322. The van der Waals surface area contributed by atoms with Crippen LogP contribution in [-0.4, -0.2) is 43.4 Å². The summed E-state index contributed by atoms with van der Waals surface area (Å²) < 4.78 is 5.32. The number of rotatable bonds is 5. The van der Waals surface area contributed by atoms with Crippen LogP contribution in [0.3, 0.4) is 0 Å². The Kier molecular flexibility index (Phi) is 4.06. The van der Waals surface area contributed by atoms with Gasteiger partial charge in [0.15, 0.2) is 0 Å². The van der Waals surface area contributed by atoms with Crippen molar-refractivity contribution in [3.63, 3.8) is 0 Å². The number of hydrogen-bond donors (Lipinski definition) is 3. The molecule has 3 N–H and O–H groups in total. The van der Waals surface area contributed by atoms with E-state index in [1.54, 1.807) is 0 Å². The molecule has 1 atom stereocenters. The summed E-state index contributed by atoms with van der Waals surface area (Å²) in [5.41, 5.74) is -0.703. The Balaban J connectivity index is 1.62. The van der Waals surface area contributed by atoms with Crippen LogP contribution >= 0.6 is 0 Å². The third-order valence-electron chi connectivity index (χ3n) is 3.70. The number of hydrogen-bond acceptors (Lipinski definition) is 3. The second kappa shape index (κ2) is 5.56. The van der Waals surface area contributed by atoms with Gasteiger partial charge in [0.05, 0.1) is 12.0 Å². The van der Waals surface area contributed by atoms with E-state index in [0.717, 1.165) is 19.4 Å². The van der Waals surface area contributed by atoms with Gasteiger partial charge in [-0.2, -0.15) is 0 Å². The highest BCUT2D eigenvalue weighted by atomic mass is 16.5. The minimum atomic E-state index is -0.816. The summed E-state index contributed by atoms with van der Waals surface area (Å²) in [6, 6.07) is -0.284. The Labute approximate surface area is 106 Å². The van der Waals surface area contributed by atoms with Gasteiger partial charge in [-0.3, -0.25) is 4.79 Å². The molecule has 1 saturated heterocycles. The van der Waals surface area contributed by atoms with Crippen molar-refractivity contribution in [2.24, 2.45) is 11.3 Å².